The summed E-state index contributed by atoms with van der Waals surface area (Å²) in [6, 6.07) is 0. The monoisotopic (exact) mass is 268 g/mol. The average molecular weight is 268 g/mol. The molecule has 0 aromatic carbocycles. The summed E-state index contributed by atoms with van der Waals surface area (Å²) in [6.45, 7) is 3.47. The van der Waals surface area contributed by atoms with E-state index in [9.17, 15) is 14.4 Å². The average Bonchev–Trinajstić information content (AvgIpc) is 2.99. The van der Waals surface area contributed by atoms with Crippen LogP contribution >= 0.6 is 0 Å². The van der Waals surface area contributed by atoms with E-state index in [1.807, 2.05) is 6.92 Å². The van der Waals surface area contributed by atoms with Crippen LogP contribution in [0.1, 0.15) is 26.2 Å². The Hall–Kier alpha value is -1.59. The number of nitrogens with zero attached hydrogens (tertiary/aromatic N) is 1. The molecule has 1 aliphatic carbocycles. The van der Waals surface area contributed by atoms with E-state index >= 15 is 0 Å². The molecule has 1 saturated heterocycles. The number of likely N-dealkylation sites (tertiary alicyclic amines) is 1. The van der Waals surface area contributed by atoms with E-state index < -0.39 is 5.97 Å². The highest BCUT2D eigenvalue weighted by atomic mass is 16.4. The van der Waals surface area contributed by atoms with Gasteiger partial charge in [-0.05, 0) is 12.3 Å². The van der Waals surface area contributed by atoms with Crippen molar-refractivity contribution in [2.75, 3.05) is 19.6 Å². The molecular formula is C13H20N2O4. The molecule has 2 fully saturated rings. The standard InChI is InChI=1S/C13H20N2O4/c1-8-4-10(8)13(19)14-3-2-11(16)15-6-9(7-15)5-12(17)18/h8-10H,2-7H2,1H3,(H,14,19)(H,17,18). The molecule has 2 aliphatic rings. The molecule has 2 rings (SSSR count). The van der Waals surface area contributed by atoms with Crippen LogP contribution in [0.15, 0.2) is 0 Å². The van der Waals surface area contributed by atoms with Gasteiger partial charge in [0, 0.05) is 37.9 Å². The Kier molecular flexibility index (Phi) is 4.07. The Morgan fingerprint density at radius 2 is 1.95 bits per heavy atom. The summed E-state index contributed by atoms with van der Waals surface area (Å²) in [5, 5.41) is 11.4. The van der Waals surface area contributed by atoms with Gasteiger partial charge in [0.05, 0.1) is 6.42 Å². The normalized spacial score (nSPS) is 25.6. The van der Waals surface area contributed by atoms with Crippen molar-refractivity contribution >= 4 is 17.8 Å². The first-order valence-electron chi connectivity index (χ1n) is 6.74. The van der Waals surface area contributed by atoms with Crippen molar-refractivity contribution < 1.29 is 19.5 Å². The molecule has 0 bridgehead atoms. The highest BCUT2D eigenvalue weighted by molar-refractivity contribution is 5.82. The third kappa shape index (κ3) is 3.68. The highest BCUT2D eigenvalue weighted by Crippen LogP contribution is 2.37. The second kappa shape index (κ2) is 5.59. The zero-order valence-electron chi connectivity index (χ0n) is 11.1. The summed E-state index contributed by atoms with van der Waals surface area (Å²) in [5.41, 5.74) is 0. The van der Waals surface area contributed by atoms with Crippen LogP contribution in [0.3, 0.4) is 0 Å². The van der Waals surface area contributed by atoms with Crippen LogP contribution in [0.5, 0.6) is 0 Å². The minimum absolute atomic E-state index is 0.00853. The Balaban J connectivity index is 1.56. The summed E-state index contributed by atoms with van der Waals surface area (Å²) in [4.78, 5) is 35.4. The molecule has 2 unspecified atom stereocenters. The summed E-state index contributed by atoms with van der Waals surface area (Å²) in [7, 11) is 0. The Bertz CT molecular complexity index is 390. The highest BCUT2D eigenvalue weighted by Gasteiger charge is 2.39. The van der Waals surface area contributed by atoms with Gasteiger partial charge in [0.2, 0.25) is 11.8 Å². The lowest BCUT2D eigenvalue weighted by molar-refractivity contribution is -0.145. The molecule has 2 N–H and O–H groups in total. The molecule has 2 atom stereocenters. The maximum atomic E-state index is 11.7. The predicted octanol–water partition coefficient (Wildman–Crippen LogP) is 0.0818. The van der Waals surface area contributed by atoms with E-state index in [-0.39, 0.29) is 30.1 Å². The van der Waals surface area contributed by atoms with Crippen molar-refractivity contribution in [3.8, 4) is 0 Å². The van der Waals surface area contributed by atoms with Gasteiger partial charge < -0.3 is 15.3 Å². The number of rotatable bonds is 6. The van der Waals surface area contributed by atoms with Gasteiger partial charge in [0.1, 0.15) is 0 Å². The first-order chi connectivity index (χ1) is 8.97. The minimum Gasteiger partial charge on any atom is -0.481 e. The van der Waals surface area contributed by atoms with Crippen LogP contribution in [-0.2, 0) is 14.4 Å². The Morgan fingerprint density at radius 3 is 2.47 bits per heavy atom. The number of nitrogens with one attached hydrogen (secondary N) is 1. The summed E-state index contributed by atoms with van der Waals surface area (Å²) < 4.78 is 0. The van der Waals surface area contributed by atoms with Gasteiger partial charge in [-0.15, -0.1) is 0 Å². The van der Waals surface area contributed by atoms with Crippen LogP contribution in [-0.4, -0.2) is 47.4 Å². The number of hydrogen-bond acceptors (Lipinski definition) is 3. The van der Waals surface area contributed by atoms with Crippen molar-refractivity contribution in [3.63, 3.8) is 0 Å². The number of hydrogen-bond donors (Lipinski definition) is 2. The number of carboxylic acids is 1. The Labute approximate surface area is 112 Å². The number of carboxylic acid groups (broad SMARTS) is 1. The first-order valence-corrected chi connectivity index (χ1v) is 6.74. The molecule has 0 aromatic rings. The van der Waals surface area contributed by atoms with Crippen LogP contribution in [0.4, 0.5) is 0 Å². The van der Waals surface area contributed by atoms with E-state index in [2.05, 4.69) is 5.32 Å². The SMILES string of the molecule is CC1CC1C(=O)NCCC(=O)N1CC(CC(=O)O)C1. The fourth-order valence-electron chi connectivity index (χ4n) is 2.42. The predicted molar refractivity (Wildman–Crippen MR) is 67.2 cm³/mol. The number of amides is 2. The van der Waals surface area contributed by atoms with E-state index in [1.54, 1.807) is 4.90 Å². The second-order valence-corrected chi connectivity index (χ2v) is 5.62. The van der Waals surface area contributed by atoms with Crippen molar-refractivity contribution in [2.24, 2.45) is 17.8 Å². The molecule has 1 saturated carbocycles. The van der Waals surface area contributed by atoms with Crippen molar-refractivity contribution in [1.29, 1.82) is 0 Å². The lowest BCUT2D eigenvalue weighted by atomic mass is 9.96. The van der Waals surface area contributed by atoms with Gasteiger partial charge >= 0.3 is 5.97 Å². The van der Waals surface area contributed by atoms with Gasteiger partial charge in [0.25, 0.3) is 0 Å². The van der Waals surface area contributed by atoms with Gasteiger partial charge in [-0.2, -0.15) is 0 Å². The molecule has 0 aromatic heterocycles. The largest absolute Gasteiger partial charge is 0.481 e. The Morgan fingerprint density at radius 1 is 1.32 bits per heavy atom. The fraction of sp³-hybridized carbons (Fsp3) is 0.769. The fourth-order valence-corrected chi connectivity index (χ4v) is 2.42. The van der Waals surface area contributed by atoms with Crippen molar-refractivity contribution in [1.82, 2.24) is 10.2 Å². The molecule has 1 aliphatic heterocycles. The molecule has 6 heteroatoms. The summed E-state index contributed by atoms with van der Waals surface area (Å²) >= 11 is 0. The van der Waals surface area contributed by atoms with Crippen LogP contribution in [0, 0.1) is 17.8 Å². The quantitative estimate of drug-likeness (QED) is 0.714. The second-order valence-electron chi connectivity index (χ2n) is 5.62. The third-order valence-corrected chi connectivity index (χ3v) is 3.86. The van der Waals surface area contributed by atoms with Crippen LogP contribution in [0.25, 0.3) is 0 Å². The molecule has 1 heterocycles. The van der Waals surface area contributed by atoms with Crippen LogP contribution < -0.4 is 5.32 Å². The zero-order chi connectivity index (χ0) is 14.0. The zero-order valence-corrected chi connectivity index (χ0v) is 11.1. The van der Waals surface area contributed by atoms with Crippen molar-refractivity contribution in [3.05, 3.63) is 0 Å². The van der Waals surface area contributed by atoms with Gasteiger partial charge in [-0.25, -0.2) is 0 Å². The van der Waals surface area contributed by atoms with Gasteiger partial charge in [-0.3, -0.25) is 14.4 Å². The van der Waals surface area contributed by atoms with E-state index in [4.69, 9.17) is 5.11 Å². The number of carbonyl (C=O) groups is 3. The smallest absolute Gasteiger partial charge is 0.303 e. The first kappa shape index (κ1) is 13.8. The van der Waals surface area contributed by atoms with E-state index in [0.717, 1.165) is 6.42 Å². The maximum Gasteiger partial charge on any atom is 0.303 e. The summed E-state index contributed by atoms with van der Waals surface area (Å²) in [6.07, 6.45) is 1.37. The lowest BCUT2D eigenvalue weighted by Gasteiger charge is -2.38. The van der Waals surface area contributed by atoms with E-state index in [0.29, 0.717) is 32.0 Å². The number of aliphatic carboxylic acids is 1. The maximum absolute atomic E-state index is 11.7. The summed E-state index contributed by atoms with van der Waals surface area (Å²) in [5.74, 6) is -0.0772. The molecule has 0 radical (unpaired) electrons. The molecule has 2 amide bonds. The molecule has 106 valence electrons. The molecule has 19 heavy (non-hydrogen) atoms. The van der Waals surface area contributed by atoms with E-state index in [1.165, 1.54) is 0 Å². The van der Waals surface area contributed by atoms with Crippen molar-refractivity contribution in [2.45, 2.75) is 26.2 Å². The van der Waals surface area contributed by atoms with Gasteiger partial charge in [0.15, 0.2) is 0 Å². The minimum atomic E-state index is -0.817. The van der Waals surface area contributed by atoms with Gasteiger partial charge in [-0.1, -0.05) is 6.92 Å². The number of carbonyl (C=O) groups excluding carboxylic acids is 2. The third-order valence-electron chi connectivity index (χ3n) is 3.86. The topological polar surface area (TPSA) is 86.7 Å². The molecule has 0 spiro atoms. The molecular weight excluding hydrogens is 248 g/mol. The molecule has 6 nitrogen and oxygen atoms in total. The lowest BCUT2D eigenvalue weighted by Crippen LogP contribution is -2.51. The van der Waals surface area contributed by atoms with Crippen LogP contribution in [0.2, 0.25) is 0 Å².